The Morgan fingerprint density at radius 1 is 1.19 bits per heavy atom. The number of fused-ring (bicyclic) bond motifs is 1. The topological polar surface area (TPSA) is 53.3 Å². The summed E-state index contributed by atoms with van der Waals surface area (Å²) in [5.41, 5.74) is 3.26. The van der Waals surface area contributed by atoms with Crippen LogP contribution in [0.1, 0.15) is 17.8 Å². The lowest BCUT2D eigenvalue weighted by atomic mass is 10.2. The molecule has 0 amide bonds. The van der Waals surface area contributed by atoms with Crippen LogP contribution in [0.2, 0.25) is 5.02 Å². The lowest BCUT2D eigenvalue weighted by molar-refractivity contribution is 0.275. The molecule has 6 heteroatoms. The number of hydrogen-bond acceptors (Lipinski definition) is 4. The molecule has 5 nitrogen and oxygen atoms in total. The molecule has 1 aliphatic rings. The van der Waals surface area contributed by atoms with Crippen LogP contribution in [0.25, 0.3) is 11.0 Å². The summed E-state index contributed by atoms with van der Waals surface area (Å²) in [5.74, 6) is 0.947. The molecule has 0 radical (unpaired) electrons. The van der Waals surface area contributed by atoms with Crippen molar-refractivity contribution < 1.29 is 5.11 Å². The van der Waals surface area contributed by atoms with Crippen LogP contribution >= 0.6 is 11.6 Å². The third kappa shape index (κ3) is 4.33. The van der Waals surface area contributed by atoms with Crippen molar-refractivity contribution in [1.82, 2.24) is 19.8 Å². The zero-order valence-corrected chi connectivity index (χ0v) is 16.1. The maximum absolute atomic E-state index is 9.44. The lowest BCUT2D eigenvalue weighted by Crippen LogP contribution is -2.32. The number of rotatable bonds is 7. The molecule has 0 saturated carbocycles. The number of hydrogen-bond donors (Lipinski definition) is 2. The number of aliphatic hydroxyl groups excluding tert-OH is 1. The van der Waals surface area contributed by atoms with E-state index in [0.29, 0.717) is 24.2 Å². The Labute approximate surface area is 164 Å². The number of imidazole rings is 1. The first-order valence-electron chi connectivity index (χ1n) is 9.48. The molecule has 0 bridgehead atoms. The van der Waals surface area contributed by atoms with Gasteiger partial charge in [0.15, 0.2) is 0 Å². The zero-order valence-electron chi connectivity index (χ0n) is 15.3. The van der Waals surface area contributed by atoms with E-state index in [9.17, 15) is 5.11 Å². The highest BCUT2D eigenvalue weighted by Crippen LogP contribution is 2.21. The molecule has 1 saturated heterocycles. The zero-order chi connectivity index (χ0) is 18.6. The molecule has 2 heterocycles. The van der Waals surface area contributed by atoms with Crippen LogP contribution in [0, 0.1) is 0 Å². The highest BCUT2D eigenvalue weighted by Gasteiger charge is 2.22. The average Bonchev–Trinajstić information content (AvgIpc) is 3.26. The Morgan fingerprint density at radius 3 is 2.85 bits per heavy atom. The van der Waals surface area contributed by atoms with Gasteiger partial charge < -0.3 is 15.0 Å². The minimum absolute atomic E-state index is 0.0826. The third-order valence-electron chi connectivity index (χ3n) is 5.18. The standard InChI is InChI=1S/C21H25ClN4O/c22-17-6-7-19-20(12-17)26(10-11-27)21(24-19)13-23-18-8-9-25(15-18)14-16-4-2-1-3-5-16/h1-7,12,18,23,27H,8-11,13-15H2. The van der Waals surface area contributed by atoms with Crippen molar-refractivity contribution in [2.45, 2.75) is 32.1 Å². The van der Waals surface area contributed by atoms with E-state index in [-0.39, 0.29) is 6.61 Å². The molecule has 1 atom stereocenters. The molecule has 1 aromatic heterocycles. The third-order valence-corrected chi connectivity index (χ3v) is 5.42. The fourth-order valence-corrected chi connectivity index (χ4v) is 4.02. The van der Waals surface area contributed by atoms with E-state index in [2.05, 4.69) is 45.1 Å². The van der Waals surface area contributed by atoms with Crippen LogP contribution in [0.3, 0.4) is 0 Å². The number of benzene rings is 2. The predicted octanol–water partition coefficient (Wildman–Crippen LogP) is 3.05. The Morgan fingerprint density at radius 2 is 2.04 bits per heavy atom. The van der Waals surface area contributed by atoms with Gasteiger partial charge >= 0.3 is 0 Å². The lowest BCUT2D eigenvalue weighted by Gasteiger charge is -2.17. The largest absolute Gasteiger partial charge is 0.395 e. The van der Waals surface area contributed by atoms with E-state index in [1.54, 1.807) is 0 Å². The molecule has 0 spiro atoms. The summed E-state index contributed by atoms with van der Waals surface area (Å²) in [6, 6.07) is 16.8. The fourth-order valence-electron chi connectivity index (χ4n) is 3.85. The van der Waals surface area contributed by atoms with Gasteiger partial charge in [0, 0.05) is 37.2 Å². The molecular formula is C21H25ClN4O. The van der Waals surface area contributed by atoms with Crippen molar-refractivity contribution in [2.24, 2.45) is 0 Å². The van der Waals surface area contributed by atoms with E-state index in [1.165, 1.54) is 5.56 Å². The van der Waals surface area contributed by atoms with E-state index >= 15 is 0 Å². The van der Waals surface area contributed by atoms with Crippen LogP contribution in [0.15, 0.2) is 48.5 Å². The second kappa shape index (κ2) is 8.40. The van der Waals surface area contributed by atoms with Crippen LogP contribution in [-0.4, -0.2) is 45.3 Å². The molecule has 2 N–H and O–H groups in total. The van der Waals surface area contributed by atoms with Gasteiger partial charge in [-0.05, 0) is 30.2 Å². The minimum atomic E-state index is 0.0826. The van der Waals surface area contributed by atoms with Gasteiger partial charge in [-0.1, -0.05) is 41.9 Å². The Kier molecular flexibility index (Phi) is 5.74. The van der Waals surface area contributed by atoms with Crippen molar-refractivity contribution in [3.05, 3.63) is 64.9 Å². The van der Waals surface area contributed by atoms with Gasteiger partial charge in [-0.25, -0.2) is 4.98 Å². The first-order chi connectivity index (χ1) is 13.2. The fraction of sp³-hybridized carbons (Fsp3) is 0.381. The summed E-state index contributed by atoms with van der Waals surface area (Å²) in [6.45, 7) is 4.45. The van der Waals surface area contributed by atoms with Gasteiger partial charge in [-0.2, -0.15) is 0 Å². The first-order valence-corrected chi connectivity index (χ1v) is 9.86. The molecule has 2 aromatic carbocycles. The molecule has 27 heavy (non-hydrogen) atoms. The Bertz CT molecular complexity index is 896. The van der Waals surface area contributed by atoms with E-state index in [4.69, 9.17) is 16.6 Å². The summed E-state index contributed by atoms with van der Waals surface area (Å²) in [4.78, 5) is 7.23. The summed E-state index contributed by atoms with van der Waals surface area (Å²) >= 11 is 6.14. The smallest absolute Gasteiger partial charge is 0.123 e. The second-order valence-electron chi connectivity index (χ2n) is 7.12. The summed E-state index contributed by atoms with van der Waals surface area (Å²) in [6.07, 6.45) is 1.14. The predicted molar refractivity (Wildman–Crippen MR) is 109 cm³/mol. The van der Waals surface area contributed by atoms with Crippen molar-refractivity contribution in [2.75, 3.05) is 19.7 Å². The second-order valence-corrected chi connectivity index (χ2v) is 7.56. The number of likely N-dealkylation sites (tertiary alicyclic amines) is 1. The first kappa shape index (κ1) is 18.4. The molecule has 1 aliphatic heterocycles. The molecule has 142 valence electrons. The summed E-state index contributed by atoms with van der Waals surface area (Å²) in [5, 5.41) is 13.8. The maximum Gasteiger partial charge on any atom is 0.123 e. The molecule has 1 unspecified atom stereocenters. The SMILES string of the molecule is OCCn1c(CNC2CCN(Cc3ccccc3)C2)nc2ccc(Cl)cc21. The summed E-state index contributed by atoms with van der Waals surface area (Å²) < 4.78 is 2.06. The Hall–Kier alpha value is -1.92. The number of nitrogens with one attached hydrogen (secondary N) is 1. The van der Waals surface area contributed by atoms with Crippen molar-refractivity contribution >= 4 is 22.6 Å². The molecule has 3 aromatic rings. The van der Waals surface area contributed by atoms with Crippen LogP contribution in [-0.2, 0) is 19.6 Å². The van der Waals surface area contributed by atoms with Crippen molar-refractivity contribution in [3.8, 4) is 0 Å². The van der Waals surface area contributed by atoms with Crippen molar-refractivity contribution in [3.63, 3.8) is 0 Å². The number of aromatic nitrogens is 2. The number of nitrogens with zero attached hydrogens (tertiary/aromatic N) is 3. The molecule has 1 fully saturated rings. The molecule has 4 rings (SSSR count). The van der Waals surface area contributed by atoms with Gasteiger partial charge in [-0.15, -0.1) is 0 Å². The number of halogens is 1. The minimum Gasteiger partial charge on any atom is -0.395 e. The average molecular weight is 385 g/mol. The van der Waals surface area contributed by atoms with E-state index in [0.717, 1.165) is 42.9 Å². The van der Waals surface area contributed by atoms with Gasteiger partial charge in [0.2, 0.25) is 0 Å². The monoisotopic (exact) mass is 384 g/mol. The highest BCUT2D eigenvalue weighted by molar-refractivity contribution is 6.31. The number of aliphatic hydroxyl groups is 1. The van der Waals surface area contributed by atoms with Crippen LogP contribution in [0.4, 0.5) is 0 Å². The molecule has 0 aliphatic carbocycles. The van der Waals surface area contributed by atoms with Gasteiger partial charge in [0.1, 0.15) is 5.82 Å². The maximum atomic E-state index is 9.44. The van der Waals surface area contributed by atoms with Gasteiger partial charge in [0.05, 0.1) is 24.2 Å². The van der Waals surface area contributed by atoms with Gasteiger partial charge in [0.25, 0.3) is 0 Å². The summed E-state index contributed by atoms with van der Waals surface area (Å²) in [7, 11) is 0. The van der Waals surface area contributed by atoms with Crippen LogP contribution < -0.4 is 5.32 Å². The highest BCUT2D eigenvalue weighted by atomic mass is 35.5. The van der Waals surface area contributed by atoms with E-state index < -0.39 is 0 Å². The van der Waals surface area contributed by atoms with Crippen LogP contribution in [0.5, 0.6) is 0 Å². The quantitative estimate of drug-likeness (QED) is 0.657. The molecular weight excluding hydrogens is 360 g/mol. The van der Waals surface area contributed by atoms with E-state index in [1.807, 2.05) is 18.2 Å². The van der Waals surface area contributed by atoms with Crippen molar-refractivity contribution in [1.29, 1.82) is 0 Å². The normalized spacial score (nSPS) is 17.8. The van der Waals surface area contributed by atoms with Gasteiger partial charge in [-0.3, -0.25) is 4.90 Å². The Balaban J connectivity index is 1.39.